The van der Waals surface area contributed by atoms with Crippen LogP contribution in [0.25, 0.3) is 0 Å². The lowest BCUT2D eigenvalue weighted by molar-refractivity contribution is -0.137. The van der Waals surface area contributed by atoms with E-state index >= 15 is 0 Å². The predicted molar refractivity (Wildman–Crippen MR) is 78.8 cm³/mol. The van der Waals surface area contributed by atoms with Crippen molar-refractivity contribution in [2.75, 3.05) is 0 Å². The van der Waals surface area contributed by atoms with Gasteiger partial charge in [-0.1, -0.05) is 35.5 Å². The lowest BCUT2D eigenvalue weighted by Crippen LogP contribution is -2.16. The Kier molecular flexibility index (Phi) is 4.68. The number of amidine groups is 1. The molecule has 2 aromatic rings. The Morgan fingerprint density at radius 3 is 2.26 bits per heavy atom. The number of hydrogen-bond donors (Lipinski definition) is 1. The van der Waals surface area contributed by atoms with Crippen LogP contribution in [0, 0.1) is 6.92 Å². The van der Waals surface area contributed by atoms with E-state index in [4.69, 9.17) is 10.6 Å². The van der Waals surface area contributed by atoms with Crippen LogP contribution in [0.3, 0.4) is 0 Å². The van der Waals surface area contributed by atoms with Crippen LogP contribution in [0.5, 0.6) is 0 Å². The van der Waals surface area contributed by atoms with Gasteiger partial charge in [-0.25, -0.2) is 4.79 Å². The van der Waals surface area contributed by atoms with Gasteiger partial charge in [0.2, 0.25) is 0 Å². The molecule has 0 spiro atoms. The molecule has 0 saturated carbocycles. The molecule has 0 radical (unpaired) electrons. The quantitative estimate of drug-likeness (QED) is 0.407. The first-order valence-corrected chi connectivity index (χ1v) is 6.57. The van der Waals surface area contributed by atoms with E-state index in [-0.39, 0.29) is 11.4 Å². The summed E-state index contributed by atoms with van der Waals surface area (Å²) in [6.07, 6.45) is -4.43. The number of aryl methyl sites for hydroxylation is 1. The number of hydrogen-bond acceptors (Lipinski definition) is 3. The van der Waals surface area contributed by atoms with Crippen LogP contribution in [0.4, 0.5) is 13.2 Å². The number of oxime groups is 1. The van der Waals surface area contributed by atoms with E-state index in [2.05, 4.69) is 5.16 Å². The Hall–Kier alpha value is -2.83. The van der Waals surface area contributed by atoms with Crippen molar-refractivity contribution >= 4 is 11.8 Å². The Morgan fingerprint density at radius 1 is 1.09 bits per heavy atom. The number of alkyl halides is 3. The highest BCUT2D eigenvalue weighted by Gasteiger charge is 2.30. The molecule has 7 heteroatoms. The van der Waals surface area contributed by atoms with Crippen LogP contribution in [0.2, 0.25) is 0 Å². The minimum Gasteiger partial charge on any atom is -0.380 e. The summed E-state index contributed by atoms with van der Waals surface area (Å²) in [6.45, 7) is 1.74. The number of rotatable bonds is 3. The molecule has 0 aliphatic heterocycles. The molecule has 2 rings (SSSR count). The molecule has 0 aromatic heterocycles. The van der Waals surface area contributed by atoms with Gasteiger partial charge in [0.15, 0.2) is 5.84 Å². The second-order valence-corrected chi connectivity index (χ2v) is 4.75. The van der Waals surface area contributed by atoms with E-state index in [1.807, 2.05) is 0 Å². The van der Waals surface area contributed by atoms with Gasteiger partial charge in [-0.2, -0.15) is 13.2 Å². The SMILES string of the molecule is Cc1ccccc1C(=O)O/N=C(\N)c1ccc(C(F)(F)F)cc1. The number of nitrogens with two attached hydrogens (primary N) is 1. The van der Waals surface area contributed by atoms with Crippen LogP contribution in [-0.4, -0.2) is 11.8 Å². The molecule has 0 fully saturated rings. The number of carbonyl (C=O) groups is 1. The number of halogens is 3. The summed E-state index contributed by atoms with van der Waals surface area (Å²) in [5, 5.41) is 3.47. The molecule has 0 bridgehead atoms. The molecule has 4 nitrogen and oxygen atoms in total. The standard InChI is InChI=1S/C16H13F3N2O2/c1-10-4-2-3-5-13(10)15(22)23-21-14(20)11-6-8-12(9-7-11)16(17,18)19/h2-9H,1H3,(H2,20,21). The normalized spacial score (nSPS) is 12.1. The molecule has 0 amide bonds. The summed E-state index contributed by atoms with van der Waals surface area (Å²) < 4.78 is 37.4. The van der Waals surface area contributed by atoms with Crippen molar-refractivity contribution < 1.29 is 22.8 Å². The van der Waals surface area contributed by atoms with Gasteiger partial charge >= 0.3 is 12.1 Å². The van der Waals surface area contributed by atoms with Crippen molar-refractivity contribution in [3.8, 4) is 0 Å². The smallest absolute Gasteiger partial charge is 0.380 e. The molecule has 2 N–H and O–H groups in total. The van der Waals surface area contributed by atoms with Gasteiger partial charge in [-0.3, -0.25) is 0 Å². The molecule has 0 unspecified atom stereocenters. The maximum atomic E-state index is 12.5. The second kappa shape index (κ2) is 6.51. The molecular formula is C16H13F3N2O2. The van der Waals surface area contributed by atoms with Crippen LogP contribution in [-0.2, 0) is 11.0 Å². The Morgan fingerprint density at radius 2 is 1.70 bits per heavy atom. The average molecular weight is 322 g/mol. The highest BCUT2D eigenvalue weighted by atomic mass is 19.4. The Labute approximate surface area is 130 Å². The van der Waals surface area contributed by atoms with Gasteiger partial charge in [-0.05, 0) is 30.7 Å². The molecule has 0 atom stereocenters. The fourth-order valence-electron chi connectivity index (χ4n) is 1.82. The molecule has 0 heterocycles. The van der Waals surface area contributed by atoms with Gasteiger partial charge < -0.3 is 10.6 Å². The number of nitrogens with zero attached hydrogens (tertiary/aromatic N) is 1. The minimum absolute atomic E-state index is 0.194. The van der Waals surface area contributed by atoms with Crippen LogP contribution in [0.1, 0.15) is 27.0 Å². The summed E-state index contributed by atoms with van der Waals surface area (Å²) in [4.78, 5) is 16.6. The molecule has 0 aliphatic rings. The number of benzene rings is 2. The van der Waals surface area contributed by atoms with E-state index < -0.39 is 17.7 Å². The first-order chi connectivity index (χ1) is 10.8. The van der Waals surface area contributed by atoms with Crippen molar-refractivity contribution in [2.45, 2.75) is 13.1 Å². The molecular weight excluding hydrogens is 309 g/mol. The fraction of sp³-hybridized carbons (Fsp3) is 0.125. The van der Waals surface area contributed by atoms with E-state index in [1.54, 1.807) is 31.2 Å². The molecule has 120 valence electrons. The molecule has 0 aliphatic carbocycles. The summed E-state index contributed by atoms with van der Waals surface area (Å²) in [7, 11) is 0. The first kappa shape index (κ1) is 16.5. The summed E-state index contributed by atoms with van der Waals surface area (Å²) in [5.41, 5.74) is 6.07. The highest BCUT2D eigenvalue weighted by Crippen LogP contribution is 2.29. The number of carbonyl (C=O) groups excluding carboxylic acids is 1. The molecule has 0 saturated heterocycles. The third-order valence-corrected chi connectivity index (χ3v) is 3.10. The summed E-state index contributed by atoms with van der Waals surface area (Å²) in [6, 6.07) is 10.8. The zero-order chi connectivity index (χ0) is 17.0. The van der Waals surface area contributed by atoms with E-state index in [1.165, 1.54) is 0 Å². The lowest BCUT2D eigenvalue weighted by atomic mass is 10.1. The molecule has 23 heavy (non-hydrogen) atoms. The van der Waals surface area contributed by atoms with E-state index in [0.717, 1.165) is 24.3 Å². The summed E-state index contributed by atoms with van der Waals surface area (Å²) in [5.74, 6) is -0.890. The second-order valence-electron chi connectivity index (χ2n) is 4.75. The van der Waals surface area contributed by atoms with Crippen molar-refractivity contribution in [1.29, 1.82) is 0 Å². The van der Waals surface area contributed by atoms with Gasteiger partial charge in [0.1, 0.15) is 0 Å². The van der Waals surface area contributed by atoms with Crippen molar-refractivity contribution in [3.63, 3.8) is 0 Å². The minimum atomic E-state index is -4.43. The van der Waals surface area contributed by atoms with E-state index in [0.29, 0.717) is 11.1 Å². The molecule has 2 aromatic carbocycles. The zero-order valence-corrected chi connectivity index (χ0v) is 12.1. The lowest BCUT2D eigenvalue weighted by Gasteiger charge is -2.07. The predicted octanol–water partition coefficient (Wildman–Crippen LogP) is 3.49. The van der Waals surface area contributed by atoms with Crippen molar-refractivity contribution in [1.82, 2.24) is 0 Å². The van der Waals surface area contributed by atoms with Crippen LogP contribution in [0.15, 0.2) is 53.7 Å². The van der Waals surface area contributed by atoms with Crippen molar-refractivity contribution in [3.05, 3.63) is 70.8 Å². The maximum absolute atomic E-state index is 12.5. The topological polar surface area (TPSA) is 64.7 Å². The van der Waals surface area contributed by atoms with Gasteiger partial charge in [0, 0.05) is 5.56 Å². The summed E-state index contributed by atoms with van der Waals surface area (Å²) >= 11 is 0. The van der Waals surface area contributed by atoms with Gasteiger partial charge in [0.25, 0.3) is 0 Å². The van der Waals surface area contributed by atoms with Crippen LogP contribution < -0.4 is 5.73 Å². The fourth-order valence-corrected chi connectivity index (χ4v) is 1.82. The van der Waals surface area contributed by atoms with E-state index in [9.17, 15) is 18.0 Å². The third-order valence-electron chi connectivity index (χ3n) is 3.10. The average Bonchev–Trinajstić information content (AvgIpc) is 2.52. The third kappa shape index (κ3) is 4.09. The Balaban J connectivity index is 2.11. The van der Waals surface area contributed by atoms with Crippen molar-refractivity contribution in [2.24, 2.45) is 10.9 Å². The maximum Gasteiger partial charge on any atom is 0.416 e. The first-order valence-electron chi connectivity index (χ1n) is 6.57. The van der Waals surface area contributed by atoms with Gasteiger partial charge in [-0.15, -0.1) is 0 Å². The monoisotopic (exact) mass is 322 g/mol. The van der Waals surface area contributed by atoms with Crippen LogP contribution >= 0.6 is 0 Å². The highest BCUT2D eigenvalue weighted by molar-refractivity contribution is 5.98. The largest absolute Gasteiger partial charge is 0.416 e. The van der Waals surface area contributed by atoms with Gasteiger partial charge in [0.05, 0.1) is 11.1 Å². The Bertz CT molecular complexity index is 738. The zero-order valence-electron chi connectivity index (χ0n) is 12.1.